The molecular formula is C16H22FNO2. The Hall–Kier alpha value is -1.13. The standard InChI is InChI=1S/C16H22FNO2/c1-20-15-8-12(4-5-14(15)17)13-9-18(10-13)11-16(19)6-2-3-7-16/h4-5,8,13,19H,2-3,6-7,9-11H2,1H3. The Bertz CT molecular complexity index is 479. The number of aliphatic hydroxyl groups is 1. The van der Waals surface area contributed by atoms with Crippen molar-refractivity contribution in [3.8, 4) is 5.75 Å². The Labute approximate surface area is 119 Å². The smallest absolute Gasteiger partial charge is 0.165 e. The molecule has 1 aromatic carbocycles. The molecule has 0 unspecified atom stereocenters. The molecule has 0 radical (unpaired) electrons. The predicted molar refractivity (Wildman–Crippen MR) is 75.6 cm³/mol. The summed E-state index contributed by atoms with van der Waals surface area (Å²) in [6.07, 6.45) is 4.14. The quantitative estimate of drug-likeness (QED) is 0.919. The lowest BCUT2D eigenvalue weighted by atomic mass is 9.89. The Morgan fingerprint density at radius 1 is 1.35 bits per heavy atom. The van der Waals surface area contributed by atoms with Gasteiger partial charge in [0.05, 0.1) is 12.7 Å². The number of hydrogen-bond donors (Lipinski definition) is 1. The van der Waals surface area contributed by atoms with Crippen molar-refractivity contribution >= 4 is 0 Å². The maximum atomic E-state index is 13.4. The third kappa shape index (κ3) is 2.67. The third-order valence-electron chi connectivity index (χ3n) is 4.66. The number of ether oxygens (including phenoxy) is 1. The summed E-state index contributed by atoms with van der Waals surface area (Å²) in [6.45, 7) is 2.66. The summed E-state index contributed by atoms with van der Waals surface area (Å²) in [5, 5.41) is 10.4. The first-order valence-electron chi connectivity index (χ1n) is 7.38. The van der Waals surface area contributed by atoms with Gasteiger partial charge in [0, 0.05) is 25.6 Å². The minimum Gasteiger partial charge on any atom is -0.494 e. The largest absolute Gasteiger partial charge is 0.494 e. The van der Waals surface area contributed by atoms with Crippen molar-refractivity contribution < 1.29 is 14.2 Å². The Balaban J connectivity index is 1.57. The summed E-state index contributed by atoms with van der Waals surface area (Å²) in [7, 11) is 1.49. The highest BCUT2D eigenvalue weighted by Gasteiger charge is 2.37. The molecule has 3 nitrogen and oxygen atoms in total. The molecule has 1 aromatic rings. The van der Waals surface area contributed by atoms with Crippen LogP contribution in [-0.2, 0) is 0 Å². The molecule has 0 aromatic heterocycles. The third-order valence-corrected chi connectivity index (χ3v) is 4.66. The summed E-state index contributed by atoms with van der Waals surface area (Å²) in [6, 6.07) is 5.10. The van der Waals surface area contributed by atoms with E-state index in [-0.39, 0.29) is 5.82 Å². The fraction of sp³-hybridized carbons (Fsp3) is 0.625. The van der Waals surface area contributed by atoms with Crippen LogP contribution in [0.5, 0.6) is 5.75 Å². The number of hydrogen-bond acceptors (Lipinski definition) is 3. The molecule has 0 atom stereocenters. The fourth-order valence-electron chi connectivity index (χ4n) is 3.45. The highest BCUT2D eigenvalue weighted by Crippen LogP contribution is 2.35. The van der Waals surface area contributed by atoms with E-state index in [9.17, 15) is 9.50 Å². The minimum atomic E-state index is -0.467. The van der Waals surface area contributed by atoms with Gasteiger partial charge in [0.2, 0.25) is 0 Å². The SMILES string of the molecule is COc1cc(C2CN(CC3(O)CCCC3)C2)ccc1F. The van der Waals surface area contributed by atoms with Crippen molar-refractivity contribution in [1.29, 1.82) is 0 Å². The summed E-state index contributed by atoms with van der Waals surface area (Å²) in [5.74, 6) is 0.428. The van der Waals surface area contributed by atoms with Crippen molar-refractivity contribution in [1.82, 2.24) is 4.90 Å². The molecule has 1 saturated heterocycles. The molecule has 1 aliphatic carbocycles. The highest BCUT2D eigenvalue weighted by molar-refractivity contribution is 5.33. The first-order valence-corrected chi connectivity index (χ1v) is 7.38. The van der Waals surface area contributed by atoms with E-state index < -0.39 is 5.60 Å². The van der Waals surface area contributed by atoms with Gasteiger partial charge in [-0.3, -0.25) is 4.90 Å². The molecule has 20 heavy (non-hydrogen) atoms. The zero-order valence-electron chi connectivity index (χ0n) is 11.9. The van der Waals surface area contributed by atoms with Gasteiger partial charge >= 0.3 is 0 Å². The second-order valence-electron chi connectivity index (χ2n) is 6.22. The minimum absolute atomic E-state index is 0.312. The van der Waals surface area contributed by atoms with E-state index in [2.05, 4.69) is 4.90 Å². The predicted octanol–water partition coefficient (Wildman–Crippen LogP) is 2.54. The second kappa shape index (κ2) is 5.34. The maximum absolute atomic E-state index is 13.4. The molecule has 2 fully saturated rings. The van der Waals surface area contributed by atoms with Crippen LogP contribution in [0.1, 0.15) is 37.2 Å². The number of β-amino-alcohol motifs (C(OH)–C–C–N with tert-alkyl or cyclic N) is 1. The molecule has 1 saturated carbocycles. The van der Waals surface area contributed by atoms with Crippen molar-refractivity contribution in [2.75, 3.05) is 26.7 Å². The van der Waals surface area contributed by atoms with Gasteiger partial charge in [0.25, 0.3) is 0 Å². The van der Waals surface area contributed by atoms with Crippen LogP contribution in [0, 0.1) is 5.82 Å². The van der Waals surface area contributed by atoms with Gasteiger partial charge in [-0.05, 0) is 30.5 Å². The molecule has 3 rings (SSSR count). The van der Waals surface area contributed by atoms with Crippen LogP contribution < -0.4 is 4.74 Å². The molecule has 2 aliphatic rings. The molecule has 4 heteroatoms. The van der Waals surface area contributed by atoms with E-state index >= 15 is 0 Å². The topological polar surface area (TPSA) is 32.7 Å². The van der Waals surface area contributed by atoms with Gasteiger partial charge in [0.15, 0.2) is 11.6 Å². The van der Waals surface area contributed by atoms with Gasteiger partial charge in [-0.25, -0.2) is 4.39 Å². The van der Waals surface area contributed by atoms with E-state index in [4.69, 9.17) is 4.74 Å². The lowest BCUT2D eigenvalue weighted by Gasteiger charge is -2.43. The van der Waals surface area contributed by atoms with Crippen LogP contribution in [0.15, 0.2) is 18.2 Å². The zero-order valence-corrected chi connectivity index (χ0v) is 11.9. The van der Waals surface area contributed by atoms with Crippen LogP contribution in [0.25, 0.3) is 0 Å². The summed E-state index contributed by atoms with van der Waals surface area (Å²) >= 11 is 0. The van der Waals surface area contributed by atoms with Gasteiger partial charge in [0.1, 0.15) is 0 Å². The van der Waals surface area contributed by atoms with Crippen molar-refractivity contribution in [2.45, 2.75) is 37.2 Å². The first kappa shape index (κ1) is 13.8. The number of methoxy groups -OCH3 is 1. The van der Waals surface area contributed by atoms with Crippen molar-refractivity contribution in [3.63, 3.8) is 0 Å². The molecule has 1 aliphatic heterocycles. The summed E-state index contributed by atoms with van der Waals surface area (Å²) in [4.78, 5) is 2.30. The van der Waals surface area contributed by atoms with E-state index in [0.29, 0.717) is 11.7 Å². The zero-order chi connectivity index (χ0) is 14.2. The van der Waals surface area contributed by atoms with Crippen LogP contribution >= 0.6 is 0 Å². The van der Waals surface area contributed by atoms with Crippen LogP contribution in [0.4, 0.5) is 4.39 Å². The maximum Gasteiger partial charge on any atom is 0.165 e. The lowest BCUT2D eigenvalue weighted by Crippen LogP contribution is -2.51. The van der Waals surface area contributed by atoms with Gasteiger partial charge < -0.3 is 9.84 Å². The molecule has 0 bridgehead atoms. The molecule has 1 heterocycles. The number of likely N-dealkylation sites (tertiary alicyclic amines) is 1. The Morgan fingerprint density at radius 3 is 2.70 bits per heavy atom. The lowest BCUT2D eigenvalue weighted by molar-refractivity contribution is -0.0145. The van der Waals surface area contributed by atoms with Crippen LogP contribution in [0.3, 0.4) is 0 Å². The average molecular weight is 279 g/mol. The number of rotatable bonds is 4. The highest BCUT2D eigenvalue weighted by atomic mass is 19.1. The van der Waals surface area contributed by atoms with Crippen molar-refractivity contribution in [2.24, 2.45) is 0 Å². The Morgan fingerprint density at radius 2 is 2.05 bits per heavy atom. The first-order chi connectivity index (χ1) is 9.59. The van der Waals surface area contributed by atoms with Crippen molar-refractivity contribution in [3.05, 3.63) is 29.6 Å². The van der Waals surface area contributed by atoms with Gasteiger partial charge in [-0.1, -0.05) is 18.9 Å². The molecule has 0 amide bonds. The monoisotopic (exact) mass is 279 g/mol. The normalized spacial score (nSPS) is 22.8. The number of halogens is 1. The van der Waals surface area contributed by atoms with Gasteiger partial charge in [-0.2, -0.15) is 0 Å². The fourth-order valence-corrected chi connectivity index (χ4v) is 3.45. The number of benzene rings is 1. The Kier molecular flexibility index (Phi) is 3.69. The van der Waals surface area contributed by atoms with E-state index in [1.54, 1.807) is 6.07 Å². The van der Waals surface area contributed by atoms with Crippen LogP contribution in [0.2, 0.25) is 0 Å². The number of nitrogens with zero attached hydrogens (tertiary/aromatic N) is 1. The average Bonchev–Trinajstić information content (AvgIpc) is 2.82. The second-order valence-corrected chi connectivity index (χ2v) is 6.22. The van der Waals surface area contributed by atoms with Crippen LogP contribution in [-0.4, -0.2) is 42.4 Å². The van der Waals surface area contributed by atoms with E-state index in [1.165, 1.54) is 13.2 Å². The summed E-state index contributed by atoms with van der Waals surface area (Å²) in [5.41, 5.74) is 0.656. The van der Waals surface area contributed by atoms with E-state index in [1.807, 2.05) is 6.07 Å². The summed E-state index contributed by atoms with van der Waals surface area (Å²) < 4.78 is 18.4. The molecule has 0 spiro atoms. The molecule has 1 N–H and O–H groups in total. The van der Waals surface area contributed by atoms with Gasteiger partial charge in [-0.15, -0.1) is 0 Å². The molecular weight excluding hydrogens is 257 g/mol. The van der Waals surface area contributed by atoms with E-state index in [0.717, 1.165) is 50.9 Å². The molecule has 110 valence electrons.